The third kappa shape index (κ3) is 5.35. The first kappa shape index (κ1) is 24.2. The fourth-order valence-corrected chi connectivity index (χ4v) is 3.66. The molecule has 1 aromatic rings. The van der Waals surface area contributed by atoms with E-state index in [2.05, 4.69) is 10.6 Å². The molecule has 0 bridgehead atoms. The maximum Gasteiger partial charge on any atom is 0.336 e. The molecular weight excluding hydrogens is 431 g/mol. The van der Waals surface area contributed by atoms with Gasteiger partial charge in [0.25, 0.3) is 0 Å². The van der Waals surface area contributed by atoms with Crippen molar-refractivity contribution in [3.05, 3.63) is 56.3 Å². The monoisotopic (exact) mass is 456 g/mol. The molecule has 0 fully saturated rings. The largest absolute Gasteiger partial charge is 0.466 e. The van der Waals surface area contributed by atoms with E-state index in [1.54, 1.807) is 32.0 Å². The summed E-state index contributed by atoms with van der Waals surface area (Å²) in [6.45, 7) is 4.81. The van der Waals surface area contributed by atoms with Gasteiger partial charge in [0.2, 0.25) is 0 Å². The van der Waals surface area contributed by atoms with E-state index in [4.69, 9.17) is 37.4 Å². The van der Waals surface area contributed by atoms with Gasteiger partial charge in [-0.3, -0.25) is 0 Å². The Morgan fingerprint density at radius 2 is 1.93 bits per heavy atom. The minimum atomic E-state index is -0.827. The van der Waals surface area contributed by atoms with Crippen molar-refractivity contribution >= 4 is 35.1 Å². The standard InChI is InChI=1S/C21H26Cl2N2O5/c1-5-30-21(27)18-15(11-29-10-9-24-3)25-12(2)16(20(26)28-4)17(18)13-7-6-8-14(22)19(13)23/h6-8,17,24-25H,5,9-11H2,1-4H3. The SMILES string of the molecule is CCOC(=O)C1=C(COCCNC)NC(C)=C(C(=O)OC)C1c1cccc(Cl)c1Cl. The zero-order valence-electron chi connectivity index (χ0n) is 17.4. The van der Waals surface area contributed by atoms with Crippen LogP contribution in [0, 0.1) is 0 Å². The number of methoxy groups -OCH3 is 1. The first-order chi connectivity index (χ1) is 14.4. The molecule has 1 unspecified atom stereocenters. The number of esters is 2. The summed E-state index contributed by atoms with van der Waals surface area (Å²) in [5.74, 6) is -1.99. The molecule has 0 aromatic heterocycles. The predicted molar refractivity (Wildman–Crippen MR) is 115 cm³/mol. The van der Waals surface area contributed by atoms with Crippen molar-refractivity contribution in [2.75, 3.05) is 40.5 Å². The quantitative estimate of drug-likeness (QED) is 0.435. The Bertz CT molecular complexity index is 867. The topological polar surface area (TPSA) is 85.9 Å². The summed E-state index contributed by atoms with van der Waals surface area (Å²) >= 11 is 12.7. The number of nitrogens with one attached hydrogen (secondary N) is 2. The summed E-state index contributed by atoms with van der Waals surface area (Å²) < 4.78 is 16.0. The molecule has 1 aliphatic rings. The van der Waals surface area contributed by atoms with Gasteiger partial charge in [0.15, 0.2) is 0 Å². The van der Waals surface area contributed by atoms with Gasteiger partial charge in [-0.25, -0.2) is 9.59 Å². The van der Waals surface area contributed by atoms with E-state index in [1.165, 1.54) is 7.11 Å². The second kappa shape index (κ2) is 11.4. The van der Waals surface area contributed by atoms with Crippen LogP contribution in [0.4, 0.5) is 0 Å². The van der Waals surface area contributed by atoms with E-state index in [9.17, 15) is 9.59 Å². The van der Waals surface area contributed by atoms with Crippen LogP contribution in [0.25, 0.3) is 0 Å². The summed E-state index contributed by atoms with van der Waals surface area (Å²) in [6, 6.07) is 5.07. The summed E-state index contributed by atoms with van der Waals surface area (Å²) in [4.78, 5) is 25.7. The Hall–Kier alpha value is -2.06. The predicted octanol–water partition coefficient (Wildman–Crippen LogP) is 3.18. The third-order valence-electron chi connectivity index (χ3n) is 4.58. The number of likely N-dealkylation sites (N-methyl/N-ethyl adjacent to an activating group) is 1. The van der Waals surface area contributed by atoms with E-state index in [1.807, 2.05) is 7.05 Å². The van der Waals surface area contributed by atoms with Crippen LogP contribution in [0.1, 0.15) is 25.3 Å². The van der Waals surface area contributed by atoms with Gasteiger partial charge in [-0.2, -0.15) is 0 Å². The van der Waals surface area contributed by atoms with Gasteiger partial charge in [-0.1, -0.05) is 35.3 Å². The number of carbonyl (C=O) groups excluding carboxylic acids is 2. The average molecular weight is 457 g/mol. The van der Waals surface area contributed by atoms with Crippen molar-refractivity contribution in [2.24, 2.45) is 0 Å². The number of hydrogen-bond donors (Lipinski definition) is 2. The van der Waals surface area contributed by atoms with Gasteiger partial charge >= 0.3 is 11.9 Å². The van der Waals surface area contributed by atoms with Crippen LogP contribution < -0.4 is 10.6 Å². The first-order valence-electron chi connectivity index (χ1n) is 9.49. The zero-order chi connectivity index (χ0) is 22.3. The highest BCUT2D eigenvalue weighted by Crippen LogP contribution is 2.43. The van der Waals surface area contributed by atoms with Crippen molar-refractivity contribution in [2.45, 2.75) is 19.8 Å². The number of halogens is 2. The molecule has 0 amide bonds. The third-order valence-corrected chi connectivity index (χ3v) is 5.41. The number of benzene rings is 1. The lowest BCUT2D eigenvalue weighted by molar-refractivity contribution is -0.139. The summed E-state index contributed by atoms with van der Waals surface area (Å²) in [7, 11) is 3.10. The summed E-state index contributed by atoms with van der Waals surface area (Å²) in [5.41, 5.74) is 2.01. The molecule has 0 spiro atoms. The molecule has 164 valence electrons. The van der Waals surface area contributed by atoms with Gasteiger partial charge in [-0.15, -0.1) is 0 Å². The Labute approximate surface area is 186 Å². The Balaban J connectivity index is 2.67. The molecule has 30 heavy (non-hydrogen) atoms. The number of ether oxygens (including phenoxy) is 3. The van der Waals surface area contributed by atoms with Gasteiger partial charge in [0.05, 0.1) is 59.7 Å². The Morgan fingerprint density at radius 1 is 1.20 bits per heavy atom. The highest BCUT2D eigenvalue weighted by Gasteiger charge is 2.40. The number of allylic oxidation sites excluding steroid dienone is 1. The molecule has 0 aliphatic carbocycles. The molecule has 0 radical (unpaired) electrons. The Morgan fingerprint density at radius 3 is 2.57 bits per heavy atom. The maximum atomic E-state index is 13.0. The van der Waals surface area contributed by atoms with Crippen molar-refractivity contribution < 1.29 is 23.8 Å². The minimum absolute atomic E-state index is 0.121. The number of dihydropyridines is 1. The maximum absolute atomic E-state index is 13.0. The fraction of sp³-hybridized carbons (Fsp3) is 0.429. The number of carbonyl (C=O) groups is 2. The Kier molecular flexibility index (Phi) is 9.17. The van der Waals surface area contributed by atoms with E-state index in [-0.39, 0.29) is 29.4 Å². The van der Waals surface area contributed by atoms with Gasteiger partial charge in [0, 0.05) is 12.2 Å². The lowest BCUT2D eigenvalue weighted by Crippen LogP contribution is -2.35. The van der Waals surface area contributed by atoms with Crippen LogP contribution in [0.5, 0.6) is 0 Å². The van der Waals surface area contributed by atoms with Crippen molar-refractivity contribution in [3.63, 3.8) is 0 Å². The second-order valence-corrected chi connectivity index (χ2v) is 7.29. The summed E-state index contributed by atoms with van der Waals surface area (Å²) in [6.07, 6.45) is 0. The average Bonchev–Trinajstić information content (AvgIpc) is 2.72. The molecule has 2 N–H and O–H groups in total. The normalized spacial score (nSPS) is 16.4. The number of hydrogen-bond acceptors (Lipinski definition) is 7. The molecule has 2 rings (SSSR count). The van der Waals surface area contributed by atoms with Crippen LogP contribution in [-0.4, -0.2) is 52.5 Å². The van der Waals surface area contributed by atoms with E-state index in [0.717, 1.165) is 0 Å². The fourth-order valence-electron chi connectivity index (χ4n) is 3.24. The molecular formula is C21H26Cl2N2O5. The lowest BCUT2D eigenvalue weighted by atomic mass is 9.80. The van der Waals surface area contributed by atoms with E-state index < -0.39 is 17.9 Å². The number of rotatable bonds is 9. The van der Waals surface area contributed by atoms with E-state index in [0.29, 0.717) is 35.1 Å². The second-order valence-electron chi connectivity index (χ2n) is 6.50. The molecule has 0 saturated carbocycles. The summed E-state index contributed by atoms with van der Waals surface area (Å²) in [5, 5.41) is 6.67. The van der Waals surface area contributed by atoms with Gasteiger partial charge < -0.3 is 24.8 Å². The van der Waals surface area contributed by atoms with Crippen molar-refractivity contribution in [1.29, 1.82) is 0 Å². The smallest absolute Gasteiger partial charge is 0.336 e. The van der Waals surface area contributed by atoms with Crippen LogP contribution >= 0.6 is 23.2 Å². The van der Waals surface area contributed by atoms with Crippen LogP contribution in [0.15, 0.2) is 40.7 Å². The highest BCUT2D eigenvalue weighted by atomic mass is 35.5. The first-order valence-corrected chi connectivity index (χ1v) is 10.2. The van der Waals surface area contributed by atoms with Crippen molar-refractivity contribution in [1.82, 2.24) is 10.6 Å². The lowest BCUT2D eigenvalue weighted by Gasteiger charge is -2.31. The minimum Gasteiger partial charge on any atom is -0.466 e. The van der Waals surface area contributed by atoms with Gasteiger partial charge in [-0.05, 0) is 32.5 Å². The van der Waals surface area contributed by atoms with E-state index >= 15 is 0 Å². The molecule has 7 nitrogen and oxygen atoms in total. The van der Waals surface area contributed by atoms with Crippen LogP contribution in [0.2, 0.25) is 10.0 Å². The highest BCUT2D eigenvalue weighted by molar-refractivity contribution is 6.42. The molecule has 0 saturated heterocycles. The van der Waals surface area contributed by atoms with Gasteiger partial charge in [0.1, 0.15) is 0 Å². The molecule has 1 heterocycles. The molecule has 1 atom stereocenters. The zero-order valence-corrected chi connectivity index (χ0v) is 18.9. The van der Waals surface area contributed by atoms with Crippen LogP contribution in [-0.2, 0) is 23.8 Å². The van der Waals surface area contributed by atoms with Crippen LogP contribution in [0.3, 0.4) is 0 Å². The molecule has 1 aromatic carbocycles. The van der Waals surface area contributed by atoms with Crippen molar-refractivity contribution in [3.8, 4) is 0 Å². The molecule has 1 aliphatic heterocycles. The molecule has 9 heteroatoms.